The Balaban J connectivity index is 2.41. The first-order chi connectivity index (χ1) is 9.79. The minimum atomic E-state index is -3.68. The Kier molecular flexibility index (Phi) is 4.65. The molecule has 3 N–H and O–H groups in total. The smallest absolute Gasteiger partial charge is 0.261 e. The number of rotatable bonds is 4. The third-order valence-electron chi connectivity index (χ3n) is 2.82. The van der Waals surface area contributed by atoms with Gasteiger partial charge in [-0.3, -0.25) is 4.72 Å². The predicted octanol–water partition coefficient (Wildman–Crippen LogP) is 3.19. The van der Waals surface area contributed by atoms with E-state index >= 15 is 0 Å². The third kappa shape index (κ3) is 3.81. The van der Waals surface area contributed by atoms with E-state index in [1.807, 2.05) is 6.92 Å². The van der Waals surface area contributed by atoms with Gasteiger partial charge in [0.15, 0.2) is 0 Å². The van der Waals surface area contributed by atoms with Crippen molar-refractivity contribution < 1.29 is 8.42 Å². The van der Waals surface area contributed by atoms with Crippen molar-refractivity contribution in [1.82, 2.24) is 0 Å². The lowest BCUT2D eigenvalue weighted by molar-refractivity contribution is 0.601. The van der Waals surface area contributed by atoms with Gasteiger partial charge in [-0.2, -0.15) is 0 Å². The second kappa shape index (κ2) is 6.13. The van der Waals surface area contributed by atoms with Crippen molar-refractivity contribution in [2.24, 2.45) is 5.73 Å². The fourth-order valence-corrected chi connectivity index (χ4v) is 3.34. The molecule has 0 heterocycles. The number of hydrogen-bond acceptors (Lipinski definition) is 3. The molecule has 0 spiro atoms. The fourth-order valence-electron chi connectivity index (χ4n) is 1.73. The lowest BCUT2D eigenvalue weighted by Gasteiger charge is -2.12. The Labute approximate surface area is 137 Å². The van der Waals surface area contributed by atoms with Gasteiger partial charge in [-0.25, -0.2) is 8.42 Å². The zero-order valence-corrected chi connectivity index (χ0v) is 14.3. The molecule has 0 aliphatic carbocycles. The highest BCUT2D eigenvalue weighted by Gasteiger charge is 2.16. The van der Waals surface area contributed by atoms with E-state index in [9.17, 15) is 8.42 Å². The molecule has 0 saturated carbocycles. The molecule has 0 aromatic heterocycles. The number of aryl methyl sites for hydroxylation is 1. The van der Waals surface area contributed by atoms with E-state index in [1.54, 1.807) is 42.5 Å². The first kappa shape index (κ1) is 15.9. The molecule has 2 aromatic carbocycles. The highest BCUT2D eigenvalue weighted by Crippen LogP contribution is 2.24. The average Bonchev–Trinajstić information content (AvgIpc) is 2.41. The van der Waals surface area contributed by atoms with Crippen LogP contribution in [0.25, 0.3) is 0 Å². The van der Waals surface area contributed by atoms with Crippen LogP contribution in [-0.2, 0) is 10.0 Å². The van der Waals surface area contributed by atoms with Gasteiger partial charge in [0.25, 0.3) is 10.0 Å². The molecule has 7 heteroatoms. The average molecular weight is 385 g/mol. The number of halogens is 1. The summed E-state index contributed by atoms with van der Waals surface area (Å²) in [6, 6.07) is 11.6. The molecule has 0 aliphatic heterocycles. The van der Waals surface area contributed by atoms with E-state index in [-0.39, 0.29) is 9.88 Å². The maximum atomic E-state index is 12.4. The molecular weight excluding hydrogens is 372 g/mol. The molecule has 0 radical (unpaired) electrons. The molecule has 0 aliphatic rings. The summed E-state index contributed by atoms with van der Waals surface area (Å²) in [5.41, 5.74) is 7.44. The Hall–Kier alpha value is -1.44. The van der Waals surface area contributed by atoms with Gasteiger partial charge < -0.3 is 5.73 Å². The van der Waals surface area contributed by atoms with E-state index in [1.165, 1.54) is 0 Å². The van der Waals surface area contributed by atoms with Crippen LogP contribution in [0.3, 0.4) is 0 Å². The van der Waals surface area contributed by atoms with Gasteiger partial charge in [0, 0.05) is 10.0 Å². The number of nitrogens with two attached hydrogens (primary N) is 1. The summed E-state index contributed by atoms with van der Waals surface area (Å²) < 4.78 is 28.0. The fraction of sp³-hybridized carbons (Fsp3) is 0.0714. The summed E-state index contributed by atoms with van der Waals surface area (Å²) in [6.07, 6.45) is 0. The molecule has 0 bridgehead atoms. The summed E-state index contributed by atoms with van der Waals surface area (Å²) >= 11 is 8.26. The lowest BCUT2D eigenvalue weighted by atomic mass is 10.2. The summed E-state index contributed by atoms with van der Waals surface area (Å²) in [7, 11) is -3.68. The minimum Gasteiger partial charge on any atom is -0.389 e. The Morgan fingerprint density at radius 3 is 2.38 bits per heavy atom. The predicted molar refractivity (Wildman–Crippen MR) is 92.0 cm³/mol. The van der Waals surface area contributed by atoms with Gasteiger partial charge in [-0.05, 0) is 37.3 Å². The molecule has 0 amide bonds. The maximum absolute atomic E-state index is 12.4. The van der Waals surface area contributed by atoms with Crippen LogP contribution in [-0.4, -0.2) is 13.4 Å². The highest BCUT2D eigenvalue weighted by molar-refractivity contribution is 9.10. The number of sulfonamides is 1. The molecule has 0 atom stereocenters. The van der Waals surface area contributed by atoms with Crippen molar-refractivity contribution in [3.8, 4) is 0 Å². The molecule has 0 unspecified atom stereocenters. The van der Waals surface area contributed by atoms with Crippen LogP contribution in [0.2, 0.25) is 0 Å². The topological polar surface area (TPSA) is 72.2 Å². The molecule has 110 valence electrons. The van der Waals surface area contributed by atoms with Gasteiger partial charge in [0.05, 0.1) is 10.6 Å². The van der Waals surface area contributed by atoms with E-state index in [4.69, 9.17) is 18.0 Å². The van der Waals surface area contributed by atoms with Crippen LogP contribution in [0.5, 0.6) is 0 Å². The van der Waals surface area contributed by atoms with Crippen molar-refractivity contribution in [3.63, 3.8) is 0 Å². The quantitative estimate of drug-likeness (QED) is 0.793. The summed E-state index contributed by atoms with van der Waals surface area (Å²) in [6.45, 7) is 1.89. The van der Waals surface area contributed by atoms with Crippen molar-refractivity contribution in [2.75, 3.05) is 4.72 Å². The van der Waals surface area contributed by atoms with Gasteiger partial charge in [-0.1, -0.05) is 45.8 Å². The molecule has 0 saturated heterocycles. The van der Waals surface area contributed by atoms with Crippen molar-refractivity contribution in [1.29, 1.82) is 0 Å². The summed E-state index contributed by atoms with van der Waals surface area (Å²) in [4.78, 5) is 0.308. The van der Waals surface area contributed by atoms with Gasteiger partial charge >= 0.3 is 0 Å². The van der Waals surface area contributed by atoms with Gasteiger partial charge in [-0.15, -0.1) is 0 Å². The van der Waals surface area contributed by atoms with Crippen molar-refractivity contribution in [3.05, 3.63) is 58.1 Å². The van der Waals surface area contributed by atoms with Crippen LogP contribution in [0.1, 0.15) is 11.1 Å². The summed E-state index contributed by atoms with van der Waals surface area (Å²) in [5, 5.41) is 0. The molecular formula is C14H13BrN2O2S2. The minimum absolute atomic E-state index is 0.123. The van der Waals surface area contributed by atoms with E-state index in [0.29, 0.717) is 11.3 Å². The summed E-state index contributed by atoms with van der Waals surface area (Å²) in [5.74, 6) is 0. The molecule has 2 rings (SSSR count). The number of benzene rings is 2. The Morgan fingerprint density at radius 2 is 1.81 bits per heavy atom. The van der Waals surface area contributed by atoms with Crippen LogP contribution in [0, 0.1) is 6.92 Å². The first-order valence-corrected chi connectivity index (χ1v) is 8.67. The monoisotopic (exact) mass is 384 g/mol. The molecule has 21 heavy (non-hydrogen) atoms. The number of anilines is 1. The lowest BCUT2D eigenvalue weighted by Crippen LogP contribution is -2.18. The van der Waals surface area contributed by atoms with Crippen LogP contribution < -0.4 is 10.5 Å². The second-order valence-corrected chi connectivity index (χ2v) is 7.51. The number of hydrogen-bond donors (Lipinski definition) is 2. The SMILES string of the molecule is Cc1ccc(S(=O)(=O)Nc2ccc(Br)cc2C(N)=S)cc1. The first-order valence-electron chi connectivity index (χ1n) is 5.98. The van der Waals surface area contributed by atoms with Crippen LogP contribution in [0.15, 0.2) is 51.8 Å². The van der Waals surface area contributed by atoms with Gasteiger partial charge in [0.1, 0.15) is 4.99 Å². The second-order valence-electron chi connectivity index (χ2n) is 4.47. The number of nitrogens with one attached hydrogen (secondary N) is 1. The molecule has 0 fully saturated rings. The zero-order chi connectivity index (χ0) is 15.6. The van der Waals surface area contributed by atoms with E-state index < -0.39 is 10.0 Å². The number of thiocarbonyl (C=S) groups is 1. The maximum Gasteiger partial charge on any atom is 0.261 e. The standard InChI is InChI=1S/C14H13BrN2O2S2/c1-9-2-5-11(6-3-9)21(18,19)17-13-7-4-10(15)8-12(13)14(16)20/h2-8,17H,1H3,(H2,16,20). The van der Waals surface area contributed by atoms with Crippen molar-refractivity contribution >= 4 is 48.8 Å². The molecule has 4 nitrogen and oxygen atoms in total. The van der Waals surface area contributed by atoms with E-state index in [0.717, 1.165) is 10.0 Å². The van der Waals surface area contributed by atoms with E-state index in [2.05, 4.69) is 20.7 Å². The van der Waals surface area contributed by atoms with Crippen molar-refractivity contribution in [2.45, 2.75) is 11.8 Å². The Bertz CT molecular complexity index is 787. The van der Waals surface area contributed by atoms with Crippen LogP contribution in [0.4, 0.5) is 5.69 Å². The third-order valence-corrected chi connectivity index (χ3v) is 4.92. The largest absolute Gasteiger partial charge is 0.389 e. The normalized spacial score (nSPS) is 11.1. The van der Waals surface area contributed by atoms with Gasteiger partial charge in [0.2, 0.25) is 0 Å². The highest BCUT2D eigenvalue weighted by atomic mass is 79.9. The molecule has 2 aromatic rings. The zero-order valence-electron chi connectivity index (χ0n) is 11.1. The van der Waals surface area contributed by atoms with Crippen LogP contribution >= 0.6 is 28.1 Å². The Morgan fingerprint density at radius 1 is 1.19 bits per heavy atom.